The first-order valence-electron chi connectivity index (χ1n) is 9.84. The first-order chi connectivity index (χ1) is 15.0. The van der Waals surface area contributed by atoms with E-state index in [9.17, 15) is 9.18 Å². The van der Waals surface area contributed by atoms with Crippen LogP contribution >= 0.6 is 0 Å². The zero-order valence-corrected chi connectivity index (χ0v) is 16.6. The molecular formula is C22H20FN7O. The number of rotatable bonds is 4. The van der Waals surface area contributed by atoms with Gasteiger partial charge < -0.3 is 16.0 Å². The van der Waals surface area contributed by atoms with E-state index in [-0.39, 0.29) is 29.1 Å². The van der Waals surface area contributed by atoms with Crippen molar-refractivity contribution in [2.75, 3.05) is 23.7 Å². The number of carbonyl (C=O) groups is 1. The van der Waals surface area contributed by atoms with Crippen LogP contribution in [0.25, 0.3) is 11.3 Å². The lowest BCUT2D eigenvalue weighted by atomic mass is 10.0. The first kappa shape index (κ1) is 20.2. The highest BCUT2D eigenvalue weighted by atomic mass is 19.1. The van der Waals surface area contributed by atoms with Gasteiger partial charge in [-0.2, -0.15) is 10.2 Å². The molecule has 1 amide bonds. The van der Waals surface area contributed by atoms with Crippen molar-refractivity contribution in [3.05, 3.63) is 65.7 Å². The summed E-state index contributed by atoms with van der Waals surface area (Å²) < 4.78 is 13.4. The molecule has 0 spiro atoms. The van der Waals surface area contributed by atoms with Crippen molar-refractivity contribution in [1.82, 2.24) is 20.3 Å². The van der Waals surface area contributed by atoms with Crippen molar-refractivity contribution in [2.45, 2.75) is 18.9 Å². The molecule has 1 aliphatic rings. The minimum absolute atomic E-state index is 0.0161. The average Bonchev–Trinajstić information content (AvgIpc) is 2.79. The summed E-state index contributed by atoms with van der Waals surface area (Å²) >= 11 is 0. The number of pyridine rings is 1. The lowest BCUT2D eigenvalue weighted by Gasteiger charge is -2.32. The van der Waals surface area contributed by atoms with Crippen molar-refractivity contribution in [3.8, 4) is 17.3 Å². The van der Waals surface area contributed by atoms with Crippen LogP contribution in [0.5, 0.6) is 0 Å². The summed E-state index contributed by atoms with van der Waals surface area (Å²) in [5.74, 6) is 0.118. The predicted octanol–water partition coefficient (Wildman–Crippen LogP) is 2.53. The Kier molecular flexibility index (Phi) is 5.71. The number of amides is 1. The number of nitrogen functional groups attached to an aromatic ring is 1. The number of halogens is 1. The van der Waals surface area contributed by atoms with E-state index < -0.39 is 0 Å². The minimum atomic E-state index is -0.332. The molecule has 1 aliphatic heterocycles. The van der Waals surface area contributed by atoms with E-state index in [1.807, 2.05) is 11.0 Å². The number of carbonyl (C=O) groups excluding carboxylic acids is 1. The van der Waals surface area contributed by atoms with Gasteiger partial charge in [0.1, 0.15) is 23.3 Å². The Hall–Kier alpha value is -4.06. The van der Waals surface area contributed by atoms with Crippen LogP contribution in [-0.4, -0.2) is 40.0 Å². The van der Waals surface area contributed by atoms with Gasteiger partial charge in [0.15, 0.2) is 0 Å². The molecule has 156 valence electrons. The SMILES string of the molecule is N#Cc1cnc(N2CCC(NC(=O)c3ccc(-c4cccc(F)c4)nc3)CC2)nc1N. The van der Waals surface area contributed by atoms with Crippen LogP contribution in [0.1, 0.15) is 28.8 Å². The second-order valence-electron chi connectivity index (χ2n) is 7.26. The molecular weight excluding hydrogens is 397 g/mol. The van der Waals surface area contributed by atoms with Crippen LogP contribution in [-0.2, 0) is 0 Å². The van der Waals surface area contributed by atoms with Gasteiger partial charge in [0, 0.05) is 30.9 Å². The molecule has 3 N–H and O–H groups in total. The lowest BCUT2D eigenvalue weighted by Crippen LogP contribution is -2.45. The Morgan fingerprint density at radius 1 is 1.19 bits per heavy atom. The Labute approximate surface area is 178 Å². The summed E-state index contributed by atoms with van der Waals surface area (Å²) in [5, 5.41) is 12.0. The van der Waals surface area contributed by atoms with Gasteiger partial charge in [-0.25, -0.2) is 9.37 Å². The van der Waals surface area contributed by atoms with Crippen LogP contribution in [0.2, 0.25) is 0 Å². The molecule has 3 aromatic rings. The lowest BCUT2D eigenvalue weighted by molar-refractivity contribution is 0.0930. The smallest absolute Gasteiger partial charge is 0.253 e. The van der Waals surface area contributed by atoms with E-state index in [0.717, 1.165) is 12.8 Å². The highest BCUT2D eigenvalue weighted by molar-refractivity contribution is 5.94. The third-order valence-corrected chi connectivity index (χ3v) is 5.19. The molecule has 0 saturated carbocycles. The second-order valence-corrected chi connectivity index (χ2v) is 7.26. The van der Waals surface area contributed by atoms with E-state index in [0.29, 0.717) is 35.9 Å². The van der Waals surface area contributed by atoms with Crippen molar-refractivity contribution in [3.63, 3.8) is 0 Å². The fourth-order valence-electron chi connectivity index (χ4n) is 3.46. The maximum absolute atomic E-state index is 13.4. The van der Waals surface area contributed by atoms with Crippen LogP contribution in [0, 0.1) is 17.1 Å². The largest absolute Gasteiger partial charge is 0.382 e. The van der Waals surface area contributed by atoms with Gasteiger partial charge in [-0.05, 0) is 37.1 Å². The maximum Gasteiger partial charge on any atom is 0.253 e. The van der Waals surface area contributed by atoms with Gasteiger partial charge in [0.05, 0.1) is 17.5 Å². The number of nitrogens with one attached hydrogen (secondary N) is 1. The molecule has 4 rings (SSSR count). The predicted molar refractivity (Wildman–Crippen MR) is 113 cm³/mol. The topological polar surface area (TPSA) is 121 Å². The van der Waals surface area contributed by atoms with Gasteiger partial charge in [-0.3, -0.25) is 9.78 Å². The van der Waals surface area contributed by atoms with Crippen LogP contribution in [0.15, 0.2) is 48.8 Å². The number of nitrogens with zero attached hydrogens (tertiary/aromatic N) is 5. The molecule has 0 unspecified atom stereocenters. The zero-order valence-electron chi connectivity index (χ0n) is 16.6. The molecule has 1 fully saturated rings. The number of aromatic nitrogens is 3. The monoisotopic (exact) mass is 417 g/mol. The number of hydrogen-bond acceptors (Lipinski definition) is 7. The highest BCUT2D eigenvalue weighted by Crippen LogP contribution is 2.20. The first-order valence-corrected chi connectivity index (χ1v) is 9.84. The van der Waals surface area contributed by atoms with Gasteiger partial charge >= 0.3 is 0 Å². The molecule has 0 radical (unpaired) electrons. The third kappa shape index (κ3) is 4.59. The molecule has 31 heavy (non-hydrogen) atoms. The number of hydrogen-bond donors (Lipinski definition) is 2. The summed E-state index contributed by atoms with van der Waals surface area (Å²) in [5.41, 5.74) is 7.73. The zero-order chi connectivity index (χ0) is 21.8. The molecule has 9 heteroatoms. The molecule has 0 atom stereocenters. The van der Waals surface area contributed by atoms with Crippen molar-refractivity contribution < 1.29 is 9.18 Å². The standard InChI is InChI=1S/C22H20FN7O/c23-17-3-1-2-14(10-17)19-5-4-15(12-26-19)21(31)28-18-6-8-30(9-7-18)22-27-13-16(11-24)20(25)29-22/h1-5,10,12-13,18H,6-9H2,(H,28,31)(H2,25,27,29). The summed E-state index contributed by atoms with van der Waals surface area (Å²) in [7, 11) is 0. The fraction of sp³-hybridized carbons (Fsp3) is 0.227. The van der Waals surface area contributed by atoms with Crippen LogP contribution in [0.4, 0.5) is 16.2 Å². The van der Waals surface area contributed by atoms with E-state index in [1.165, 1.54) is 24.5 Å². The molecule has 8 nitrogen and oxygen atoms in total. The average molecular weight is 417 g/mol. The Morgan fingerprint density at radius 3 is 2.65 bits per heavy atom. The van der Waals surface area contributed by atoms with E-state index >= 15 is 0 Å². The van der Waals surface area contributed by atoms with E-state index in [4.69, 9.17) is 11.0 Å². The van der Waals surface area contributed by atoms with E-state index in [2.05, 4.69) is 20.3 Å². The summed E-state index contributed by atoms with van der Waals surface area (Å²) in [6, 6.07) is 11.5. The van der Waals surface area contributed by atoms with Crippen molar-refractivity contribution >= 4 is 17.7 Å². The van der Waals surface area contributed by atoms with Crippen LogP contribution in [0.3, 0.4) is 0 Å². The fourth-order valence-corrected chi connectivity index (χ4v) is 3.46. The highest BCUT2D eigenvalue weighted by Gasteiger charge is 2.23. The maximum atomic E-state index is 13.4. The third-order valence-electron chi connectivity index (χ3n) is 5.19. The molecule has 0 bridgehead atoms. The second kappa shape index (κ2) is 8.75. The molecule has 3 heterocycles. The van der Waals surface area contributed by atoms with Gasteiger partial charge in [-0.15, -0.1) is 0 Å². The Bertz CT molecular complexity index is 1140. The Morgan fingerprint density at radius 2 is 2.00 bits per heavy atom. The van der Waals surface area contributed by atoms with Gasteiger partial charge in [0.2, 0.25) is 5.95 Å². The summed E-state index contributed by atoms with van der Waals surface area (Å²) in [6.45, 7) is 1.32. The molecule has 2 aromatic heterocycles. The van der Waals surface area contributed by atoms with Gasteiger partial charge in [-0.1, -0.05) is 12.1 Å². The number of benzene rings is 1. The molecule has 1 saturated heterocycles. The summed E-state index contributed by atoms with van der Waals surface area (Å²) in [4.78, 5) is 27.2. The minimum Gasteiger partial charge on any atom is -0.382 e. The van der Waals surface area contributed by atoms with Gasteiger partial charge in [0.25, 0.3) is 5.91 Å². The van der Waals surface area contributed by atoms with E-state index in [1.54, 1.807) is 24.3 Å². The molecule has 1 aromatic carbocycles. The number of piperidine rings is 1. The van der Waals surface area contributed by atoms with Crippen molar-refractivity contribution in [1.29, 1.82) is 5.26 Å². The van der Waals surface area contributed by atoms with Crippen LogP contribution < -0.4 is 16.0 Å². The molecule has 0 aliphatic carbocycles. The quantitative estimate of drug-likeness (QED) is 0.669. The number of nitriles is 1. The number of anilines is 2. The normalized spacial score (nSPS) is 14.1. The van der Waals surface area contributed by atoms with Crippen molar-refractivity contribution in [2.24, 2.45) is 0 Å². The number of nitrogens with two attached hydrogens (primary N) is 1. The summed E-state index contributed by atoms with van der Waals surface area (Å²) in [6.07, 6.45) is 4.37. The Balaban J connectivity index is 1.34.